The molecule has 0 unspecified atom stereocenters. The highest BCUT2D eigenvalue weighted by atomic mass is 19.1. The third-order valence-corrected chi connectivity index (χ3v) is 5.57. The fraction of sp³-hybridized carbons (Fsp3) is 0.348. The van der Waals surface area contributed by atoms with Crippen LogP contribution in [0.25, 0.3) is 22.1 Å². The van der Waals surface area contributed by atoms with Crippen molar-refractivity contribution in [2.75, 3.05) is 52.3 Å². The van der Waals surface area contributed by atoms with Gasteiger partial charge in [-0.25, -0.2) is 9.18 Å². The summed E-state index contributed by atoms with van der Waals surface area (Å²) < 4.78 is 31.1. The third kappa shape index (κ3) is 3.85. The van der Waals surface area contributed by atoms with E-state index in [-0.39, 0.29) is 16.5 Å². The Morgan fingerprint density at radius 2 is 1.77 bits per heavy atom. The van der Waals surface area contributed by atoms with E-state index in [0.29, 0.717) is 17.1 Å². The summed E-state index contributed by atoms with van der Waals surface area (Å²) in [5.41, 5.74) is 1.30. The Morgan fingerprint density at radius 1 is 0.967 bits per heavy atom. The molecule has 4 rings (SSSR count). The number of likely N-dealkylation sites (N-methyl/N-ethyl adjacent to an activating group) is 1. The van der Waals surface area contributed by atoms with Crippen LogP contribution in [0.15, 0.2) is 45.6 Å². The first kappa shape index (κ1) is 20.2. The van der Waals surface area contributed by atoms with Crippen LogP contribution in [0.1, 0.15) is 6.42 Å². The van der Waals surface area contributed by atoms with Crippen LogP contribution in [0.2, 0.25) is 0 Å². The van der Waals surface area contributed by atoms with Crippen LogP contribution in [-0.2, 0) is 0 Å². The Bertz CT molecular complexity index is 1130. The van der Waals surface area contributed by atoms with Gasteiger partial charge in [-0.1, -0.05) is 6.07 Å². The summed E-state index contributed by atoms with van der Waals surface area (Å²) in [5, 5.41) is 0.273. The number of ether oxygens (including phenoxy) is 2. The molecule has 0 amide bonds. The van der Waals surface area contributed by atoms with Crippen LogP contribution >= 0.6 is 0 Å². The number of hydrogen-bond donors (Lipinski definition) is 0. The summed E-state index contributed by atoms with van der Waals surface area (Å²) in [6.45, 7) is 3.55. The van der Waals surface area contributed by atoms with Gasteiger partial charge >= 0.3 is 5.63 Å². The normalized spacial score (nSPS) is 15.3. The lowest BCUT2D eigenvalue weighted by Gasteiger charge is -2.23. The monoisotopic (exact) mass is 412 g/mol. The van der Waals surface area contributed by atoms with E-state index in [9.17, 15) is 4.79 Å². The van der Waals surface area contributed by atoms with E-state index < -0.39 is 11.4 Å². The van der Waals surface area contributed by atoms with Gasteiger partial charge in [0.1, 0.15) is 11.4 Å². The summed E-state index contributed by atoms with van der Waals surface area (Å²) in [4.78, 5) is 17.1. The molecule has 0 aliphatic carbocycles. The molecule has 7 heteroatoms. The molecule has 0 spiro atoms. The van der Waals surface area contributed by atoms with Gasteiger partial charge in [0.25, 0.3) is 0 Å². The molecule has 2 heterocycles. The first-order valence-electron chi connectivity index (χ1n) is 9.93. The van der Waals surface area contributed by atoms with E-state index in [1.54, 1.807) is 24.3 Å². The van der Waals surface area contributed by atoms with Gasteiger partial charge in [-0.2, -0.15) is 0 Å². The SMILES string of the molecule is COc1ccc(-c2cc3c(F)cc(N4CCCN(C)CC4)cc3oc2=O)cc1OC. The highest BCUT2D eigenvalue weighted by Crippen LogP contribution is 2.33. The molecule has 2 aromatic carbocycles. The molecule has 1 aromatic heterocycles. The average molecular weight is 412 g/mol. The van der Waals surface area contributed by atoms with Gasteiger partial charge in [0.2, 0.25) is 0 Å². The molecule has 0 bridgehead atoms. The fourth-order valence-electron chi connectivity index (χ4n) is 3.85. The molecule has 6 nitrogen and oxygen atoms in total. The lowest BCUT2D eigenvalue weighted by Crippen LogP contribution is -2.28. The number of halogens is 1. The van der Waals surface area contributed by atoms with Crippen molar-refractivity contribution >= 4 is 16.7 Å². The van der Waals surface area contributed by atoms with Gasteiger partial charge in [-0.05, 0) is 49.8 Å². The van der Waals surface area contributed by atoms with Gasteiger partial charge in [-0.3, -0.25) is 0 Å². The minimum atomic E-state index is -0.526. The van der Waals surface area contributed by atoms with Crippen LogP contribution in [0.3, 0.4) is 0 Å². The van der Waals surface area contributed by atoms with E-state index in [1.165, 1.54) is 26.4 Å². The maximum atomic E-state index is 15.0. The van der Waals surface area contributed by atoms with Crippen molar-refractivity contribution in [1.82, 2.24) is 4.90 Å². The maximum Gasteiger partial charge on any atom is 0.344 e. The highest BCUT2D eigenvalue weighted by molar-refractivity contribution is 5.85. The zero-order valence-corrected chi connectivity index (χ0v) is 17.4. The Balaban J connectivity index is 1.76. The predicted octanol–water partition coefficient (Wildman–Crippen LogP) is 3.76. The minimum absolute atomic E-state index is 0.247. The van der Waals surface area contributed by atoms with Gasteiger partial charge < -0.3 is 23.7 Å². The third-order valence-electron chi connectivity index (χ3n) is 5.57. The molecule has 158 valence electrons. The van der Waals surface area contributed by atoms with E-state index >= 15 is 4.39 Å². The van der Waals surface area contributed by atoms with E-state index in [1.807, 2.05) is 0 Å². The quantitative estimate of drug-likeness (QED) is 0.609. The maximum absolute atomic E-state index is 15.0. The molecule has 30 heavy (non-hydrogen) atoms. The van der Waals surface area contributed by atoms with Gasteiger partial charge in [-0.15, -0.1) is 0 Å². The Hall–Kier alpha value is -3.06. The van der Waals surface area contributed by atoms with Gasteiger partial charge in [0, 0.05) is 31.4 Å². The van der Waals surface area contributed by atoms with Crippen molar-refractivity contribution in [2.24, 2.45) is 0 Å². The fourth-order valence-corrected chi connectivity index (χ4v) is 3.85. The summed E-state index contributed by atoms with van der Waals surface area (Å²) in [5.74, 6) is 0.618. The second kappa shape index (κ2) is 8.36. The summed E-state index contributed by atoms with van der Waals surface area (Å²) in [7, 11) is 5.14. The number of anilines is 1. The Morgan fingerprint density at radius 3 is 2.53 bits per heavy atom. The second-order valence-electron chi connectivity index (χ2n) is 7.50. The number of hydrogen-bond acceptors (Lipinski definition) is 6. The molecule has 1 saturated heterocycles. The zero-order valence-electron chi connectivity index (χ0n) is 17.4. The van der Waals surface area contributed by atoms with Crippen molar-refractivity contribution in [3.05, 3.63) is 52.6 Å². The molecule has 0 atom stereocenters. The number of nitrogens with zero attached hydrogens (tertiary/aromatic N) is 2. The predicted molar refractivity (Wildman–Crippen MR) is 115 cm³/mol. The standard InChI is InChI=1S/C23H25FN2O4/c1-25-7-4-8-26(10-9-25)16-12-19(24)18-14-17(23(27)30-21(18)13-16)15-5-6-20(28-2)22(11-15)29-3/h5-6,11-14H,4,7-10H2,1-3H3. The van der Waals surface area contributed by atoms with Crippen LogP contribution in [0, 0.1) is 5.82 Å². The van der Waals surface area contributed by atoms with Crippen LogP contribution in [0.5, 0.6) is 11.5 Å². The second-order valence-corrected chi connectivity index (χ2v) is 7.50. The molecule has 3 aromatic rings. The van der Waals surface area contributed by atoms with E-state index in [4.69, 9.17) is 13.9 Å². The lowest BCUT2D eigenvalue weighted by atomic mass is 10.0. The molecule has 1 fully saturated rings. The zero-order chi connectivity index (χ0) is 21.3. The topological polar surface area (TPSA) is 55.2 Å². The van der Waals surface area contributed by atoms with Crippen molar-refractivity contribution in [3.63, 3.8) is 0 Å². The van der Waals surface area contributed by atoms with E-state index in [2.05, 4.69) is 16.8 Å². The van der Waals surface area contributed by atoms with Gasteiger partial charge in [0.15, 0.2) is 11.5 Å². The van der Waals surface area contributed by atoms with Crippen LogP contribution in [-0.4, -0.2) is 52.3 Å². The molecular formula is C23H25FN2O4. The molecule has 0 radical (unpaired) electrons. The molecule has 1 aliphatic rings. The molecule has 0 N–H and O–H groups in total. The minimum Gasteiger partial charge on any atom is -0.493 e. The summed E-state index contributed by atoms with van der Waals surface area (Å²) in [6.07, 6.45) is 0.998. The molecular weight excluding hydrogens is 387 g/mol. The first-order valence-corrected chi connectivity index (χ1v) is 9.93. The Kier molecular flexibility index (Phi) is 5.63. The summed E-state index contributed by atoms with van der Waals surface area (Å²) in [6, 6.07) is 9.91. The van der Waals surface area contributed by atoms with Crippen LogP contribution < -0.4 is 20.0 Å². The summed E-state index contributed by atoms with van der Waals surface area (Å²) >= 11 is 0. The molecule has 0 saturated carbocycles. The Labute approximate surface area is 174 Å². The largest absolute Gasteiger partial charge is 0.493 e. The van der Waals surface area contributed by atoms with Crippen molar-refractivity contribution < 1.29 is 18.3 Å². The first-order chi connectivity index (χ1) is 14.5. The van der Waals surface area contributed by atoms with Crippen molar-refractivity contribution in [3.8, 4) is 22.6 Å². The van der Waals surface area contributed by atoms with Crippen molar-refractivity contribution in [2.45, 2.75) is 6.42 Å². The average Bonchev–Trinajstić information content (AvgIpc) is 2.97. The number of fused-ring (bicyclic) bond motifs is 1. The van der Waals surface area contributed by atoms with Crippen LogP contribution in [0.4, 0.5) is 10.1 Å². The highest BCUT2D eigenvalue weighted by Gasteiger charge is 2.18. The van der Waals surface area contributed by atoms with Crippen molar-refractivity contribution in [1.29, 1.82) is 0 Å². The molecule has 1 aliphatic heterocycles. The number of methoxy groups -OCH3 is 2. The smallest absolute Gasteiger partial charge is 0.344 e. The number of benzene rings is 2. The van der Waals surface area contributed by atoms with Gasteiger partial charge in [0.05, 0.1) is 25.2 Å². The van der Waals surface area contributed by atoms with E-state index in [0.717, 1.165) is 38.3 Å². The number of rotatable bonds is 4. The lowest BCUT2D eigenvalue weighted by molar-refractivity contribution is 0.355.